The Hall–Kier alpha value is -1.02. The van der Waals surface area contributed by atoms with Crippen LogP contribution >= 0.6 is 0 Å². The Morgan fingerprint density at radius 3 is 2.43 bits per heavy atom. The van der Waals surface area contributed by atoms with E-state index in [0.717, 1.165) is 32.0 Å². The Morgan fingerprint density at radius 2 is 1.86 bits per heavy atom. The van der Waals surface area contributed by atoms with Gasteiger partial charge < -0.3 is 9.64 Å². The second-order valence-corrected chi connectivity index (χ2v) is 3.11. The molecule has 0 fully saturated rings. The molecule has 1 aromatic rings. The van der Waals surface area contributed by atoms with Crippen molar-refractivity contribution in [1.82, 2.24) is 4.90 Å². The highest BCUT2D eigenvalue weighted by Gasteiger charge is 1.98. The number of hydrogen-bond acceptors (Lipinski definition) is 2. The third kappa shape index (κ3) is 3.79. The minimum Gasteiger partial charge on any atom is -0.492 e. The van der Waals surface area contributed by atoms with Gasteiger partial charge in [-0.15, -0.1) is 0 Å². The molecule has 2 heteroatoms. The summed E-state index contributed by atoms with van der Waals surface area (Å²) in [5, 5.41) is 0. The molecule has 0 unspecified atom stereocenters. The lowest BCUT2D eigenvalue weighted by molar-refractivity contribution is 0.223. The second kappa shape index (κ2) is 6.44. The largest absolute Gasteiger partial charge is 0.492 e. The standard InChI is InChI=1S/C12H18NO/c1-3-13(4-2)10-11-14-12-8-6-5-7-9-12/h6-9H,3-4,10-11H2,1-2H3. The van der Waals surface area contributed by atoms with Crippen LogP contribution < -0.4 is 4.74 Å². The molecule has 1 aromatic carbocycles. The van der Waals surface area contributed by atoms with Crippen LogP contribution in [0.1, 0.15) is 13.8 Å². The summed E-state index contributed by atoms with van der Waals surface area (Å²) in [4.78, 5) is 2.34. The number of hydrogen-bond donors (Lipinski definition) is 0. The lowest BCUT2D eigenvalue weighted by Gasteiger charge is -2.17. The van der Waals surface area contributed by atoms with Gasteiger partial charge in [0.05, 0.1) is 0 Å². The van der Waals surface area contributed by atoms with Crippen molar-refractivity contribution in [3.05, 3.63) is 30.3 Å². The molecule has 0 saturated carbocycles. The molecule has 0 heterocycles. The first kappa shape index (κ1) is 11.1. The van der Waals surface area contributed by atoms with Gasteiger partial charge in [0.15, 0.2) is 0 Å². The summed E-state index contributed by atoms with van der Waals surface area (Å²) >= 11 is 0. The molecule has 0 amide bonds. The topological polar surface area (TPSA) is 12.5 Å². The summed E-state index contributed by atoms with van der Waals surface area (Å²) in [5.41, 5.74) is 0. The van der Waals surface area contributed by atoms with Crippen molar-refractivity contribution in [2.75, 3.05) is 26.2 Å². The normalized spacial score (nSPS) is 10.5. The Kier molecular flexibility index (Phi) is 5.08. The Morgan fingerprint density at radius 1 is 1.21 bits per heavy atom. The van der Waals surface area contributed by atoms with Crippen molar-refractivity contribution >= 4 is 0 Å². The summed E-state index contributed by atoms with van der Waals surface area (Å²) in [6.07, 6.45) is 0. The minimum absolute atomic E-state index is 0.756. The predicted molar refractivity (Wildman–Crippen MR) is 58.6 cm³/mol. The Balaban J connectivity index is 2.21. The highest BCUT2D eigenvalue weighted by atomic mass is 16.5. The van der Waals surface area contributed by atoms with E-state index >= 15 is 0 Å². The zero-order valence-corrected chi connectivity index (χ0v) is 8.99. The Bertz CT molecular complexity index is 231. The molecule has 0 aliphatic heterocycles. The van der Waals surface area contributed by atoms with Crippen LogP contribution in [0, 0.1) is 6.07 Å². The van der Waals surface area contributed by atoms with Crippen LogP contribution in [0.15, 0.2) is 24.3 Å². The maximum atomic E-state index is 5.58. The van der Waals surface area contributed by atoms with E-state index in [4.69, 9.17) is 4.74 Å². The van der Waals surface area contributed by atoms with E-state index in [1.54, 1.807) is 0 Å². The quantitative estimate of drug-likeness (QED) is 0.685. The van der Waals surface area contributed by atoms with Crippen molar-refractivity contribution in [2.45, 2.75) is 13.8 Å². The molecule has 0 aromatic heterocycles. The molecular formula is C12H18NO. The number of benzene rings is 1. The van der Waals surface area contributed by atoms with Gasteiger partial charge in [-0.1, -0.05) is 26.0 Å². The van der Waals surface area contributed by atoms with E-state index in [-0.39, 0.29) is 0 Å². The van der Waals surface area contributed by atoms with Crippen LogP contribution in [-0.2, 0) is 0 Å². The molecule has 1 radical (unpaired) electrons. The van der Waals surface area contributed by atoms with Gasteiger partial charge in [0.25, 0.3) is 0 Å². The molecule has 14 heavy (non-hydrogen) atoms. The molecule has 0 aliphatic carbocycles. The lowest BCUT2D eigenvalue weighted by atomic mass is 10.3. The molecule has 0 bridgehead atoms. The van der Waals surface area contributed by atoms with E-state index in [9.17, 15) is 0 Å². The van der Waals surface area contributed by atoms with Crippen molar-refractivity contribution in [3.8, 4) is 5.75 Å². The molecule has 0 N–H and O–H groups in total. The first-order chi connectivity index (χ1) is 6.86. The Labute approximate surface area is 86.5 Å². The zero-order valence-electron chi connectivity index (χ0n) is 8.99. The second-order valence-electron chi connectivity index (χ2n) is 3.11. The van der Waals surface area contributed by atoms with E-state index < -0.39 is 0 Å². The van der Waals surface area contributed by atoms with Gasteiger partial charge >= 0.3 is 0 Å². The van der Waals surface area contributed by atoms with Crippen LogP contribution in [0.5, 0.6) is 5.75 Å². The summed E-state index contributed by atoms with van der Waals surface area (Å²) in [5.74, 6) is 0.927. The van der Waals surface area contributed by atoms with Gasteiger partial charge in [-0.3, -0.25) is 0 Å². The maximum Gasteiger partial charge on any atom is 0.119 e. The molecule has 0 spiro atoms. The van der Waals surface area contributed by atoms with Crippen LogP contribution in [0.3, 0.4) is 0 Å². The molecule has 2 nitrogen and oxygen atoms in total. The highest BCUT2D eigenvalue weighted by Crippen LogP contribution is 2.07. The summed E-state index contributed by atoms with van der Waals surface area (Å²) in [6.45, 7) is 8.25. The molecular weight excluding hydrogens is 174 g/mol. The summed E-state index contributed by atoms with van der Waals surface area (Å²) in [7, 11) is 0. The molecule has 0 atom stereocenters. The molecule has 0 saturated heterocycles. The number of nitrogens with zero attached hydrogens (tertiary/aromatic N) is 1. The predicted octanol–water partition coefficient (Wildman–Crippen LogP) is 2.21. The average molecular weight is 192 g/mol. The fourth-order valence-electron chi connectivity index (χ4n) is 1.30. The summed E-state index contributed by atoms with van der Waals surface area (Å²) in [6, 6.07) is 10.6. The molecule has 77 valence electrons. The lowest BCUT2D eigenvalue weighted by Crippen LogP contribution is -2.27. The monoisotopic (exact) mass is 192 g/mol. The fraction of sp³-hybridized carbons (Fsp3) is 0.500. The van der Waals surface area contributed by atoms with Gasteiger partial charge in [0.1, 0.15) is 12.4 Å². The first-order valence-electron chi connectivity index (χ1n) is 5.18. The fourth-order valence-corrected chi connectivity index (χ4v) is 1.30. The number of likely N-dealkylation sites (N-methyl/N-ethyl adjacent to an activating group) is 1. The van der Waals surface area contributed by atoms with Gasteiger partial charge in [0, 0.05) is 6.54 Å². The molecule has 0 aliphatic rings. The van der Waals surface area contributed by atoms with Crippen molar-refractivity contribution < 1.29 is 4.74 Å². The van der Waals surface area contributed by atoms with E-state index in [0.29, 0.717) is 0 Å². The third-order valence-corrected chi connectivity index (χ3v) is 2.26. The first-order valence-corrected chi connectivity index (χ1v) is 5.18. The van der Waals surface area contributed by atoms with E-state index in [1.165, 1.54) is 0 Å². The zero-order chi connectivity index (χ0) is 10.2. The van der Waals surface area contributed by atoms with Crippen molar-refractivity contribution in [2.24, 2.45) is 0 Å². The van der Waals surface area contributed by atoms with Crippen LogP contribution in [0.2, 0.25) is 0 Å². The SMILES string of the molecule is CCN(CC)CCOc1cc[c]cc1. The number of ether oxygens (including phenoxy) is 1. The van der Waals surface area contributed by atoms with Crippen LogP contribution in [-0.4, -0.2) is 31.1 Å². The van der Waals surface area contributed by atoms with Gasteiger partial charge in [0.2, 0.25) is 0 Å². The number of rotatable bonds is 6. The van der Waals surface area contributed by atoms with E-state index in [2.05, 4.69) is 24.8 Å². The average Bonchev–Trinajstić information content (AvgIpc) is 2.26. The van der Waals surface area contributed by atoms with Gasteiger partial charge in [-0.05, 0) is 31.3 Å². The molecule has 1 rings (SSSR count). The van der Waals surface area contributed by atoms with Crippen molar-refractivity contribution in [3.63, 3.8) is 0 Å². The smallest absolute Gasteiger partial charge is 0.119 e. The minimum atomic E-state index is 0.756. The van der Waals surface area contributed by atoms with E-state index in [1.807, 2.05) is 24.3 Å². The van der Waals surface area contributed by atoms with Crippen LogP contribution in [0.4, 0.5) is 0 Å². The maximum absolute atomic E-state index is 5.58. The van der Waals surface area contributed by atoms with Gasteiger partial charge in [-0.25, -0.2) is 0 Å². The van der Waals surface area contributed by atoms with Crippen LogP contribution in [0.25, 0.3) is 0 Å². The highest BCUT2D eigenvalue weighted by molar-refractivity contribution is 5.20. The summed E-state index contributed by atoms with van der Waals surface area (Å²) < 4.78 is 5.58. The third-order valence-electron chi connectivity index (χ3n) is 2.26. The van der Waals surface area contributed by atoms with Crippen molar-refractivity contribution in [1.29, 1.82) is 0 Å². The van der Waals surface area contributed by atoms with Gasteiger partial charge in [-0.2, -0.15) is 0 Å².